The summed E-state index contributed by atoms with van der Waals surface area (Å²) in [6.45, 7) is 5.28. The first-order valence-corrected chi connectivity index (χ1v) is 7.09. The van der Waals surface area contributed by atoms with E-state index in [9.17, 15) is 4.79 Å². The summed E-state index contributed by atoms with van der Waals surface area (Å²) in [5.74, 6) is 0.0399. The largest absolute Gasteiger partial charge is 0.336 e. The van der Waals surface area contributed by atoms with Crippen molar-refractivity contribution in [1.82, 2.24) is 9.80 Å². The van der Waals surface area contributed by atoms with Crippen LogP contribution in [-0.4, -0.2) is 48.9 Å². The highest BCUT2D eigenvalue weighted by molar-refractivity contribution is 9.10. The maximum absolute atomic E-state index is 12.5. The number of nitrogens with zero attached hydrogens (tertiary/aromatic N) is 2. The second-order valence-corrected chi connectivity index (χ2v) is 6.00. The SMILES string of the molecule is Cc1cc(Br)cc(Cl)c1C(=O)N1CCN(C)CC1. The fraction of sp³-hybridized carbons (Fsp3) is 0.462. The van der Waals surface area contributed by atoms with E-state index < -0.39 is 0 Å². The molecule has 1 amide bonds. The van der Waals surface area contributed by atoms with Crippen LogP contribution in [0.2, 0.25) is 5.02 Å². The Bertz CT molecular complexity index is 447. The lowest BCUT2D eigenvalue weighted by atomic mass is 10.1. The number of carbonyl (C=O) groups is 1. The average molecular weight is 332 g/mol. The van der Waals surface area contributed by atoms with Gasteiger partial charge in [0.25, 0.3) is 5.91 Å². The van der Waals surface area contributed by atoms with E-state index in [1.807, 2.05) is 17.9 Å². The molecule has 0 radical (unpaired) electrons. The highest BCUT2D eigenvalue weighted by Gasteiger charge is 2.23. The Labute approximate surface area is 121 Å². The Morgan fingerprint density at radius 3 is 2.44 bits per heavy atom. The molecule has 1 aliphatic heterocycles. The molecule has 18 heavy (non-hydrogen) atoms. The van der Waals surface area contributed by atoms with Crippen molar-refractivity contribution >= 4 is 33.4 Å². The van der Waals surface area contributed by atoms with Crippen molar-refractivity contribution in [1.29, 1.82) is 0 Å². The van der Waals surface area contributed by atoms with Gasteiger partial charge in [-0.1, -0.05) is 27.5 Å². The molecule has 0 bridgehead atoms. The number of hydrogen-bond donors (Lipinski definition) is 0. The van der Waals surface area contributed by atoms with Crippen molar-refractivity contribution < 1.29 is 4.79 Å². The van der Waals surface area contributed by atoms with Gasteiger partial charge in [-0.3, -0.25) is 4.79 Å². The van der Waals surface area contributed by atoms with Crippen molar-refractivity contribution in [3.63, 3.8) is 0 Å². The Morgan fingerprint density at radius 1 is 1.28 bits per heavy atom. The van der Waals surface area contributed by atoms with Crippen molar-refractivity contribution in [3.8, 4) is 0 Å². The van der Waals surface area contributed by atoms with Crippen molar-refractivity contribution in [2.24, 2.45) is 0 Å². The van der Waals surface area contributed by atoms with Gasteiger partial charge in [0.2, 0.25) is 0 Å². The Kier molecular flexibility index (Phi) is 4.30. The highest BCUT2D eigenvalue weighted by atomic mass is 79.9. The third-order valence-electron chi connectivity index (χ3n) is 3.26. The van der Waals surface area contributed by atoms with Crippen LogP contribution in [0.15, 0.2) is 16.6 Å². The zero-order valence-electron chi connectivity index (χ0n) is 10.5. The maximum atomic E-state index is 12.5. The van der Waals surface area contributed by atoms with Crippen LogP contribution in [0.4, 0.5) is 0 Å². The predicted octanol–water partition coefficient (Wildman–Crippen LogP) is 2.80. The predicted molar refractivity (Wildman–Crippen MR) is 77.3 cm³/mol. The second-order valence-electron chi connectivity index (χ2n) is 4.67. The molecule has 0 spiro atoms. The summed E-state index contributed by atoms with van der Waals surface area (Å²) in [5, 5.41) is 0.519. The maximum Gasteiger partial charge on any atom is 0.255 e. The molecule has 1 heterocycles. The lowest BCUT2D eigenvalue weighted by molar-refractivity contribution is 0.0663. The number of likely N-dealkylation sites (N-methyl/N-ethyl adjacent to an activating group) is 1. The molecule has 0 unspecified atom stereocenters. The first-order chi connectivity index (χ1) is 8.49. The van der Waals surface area contributed by atoms with E-state index in [-0.39, 0.29) is 5.91 Å². The molecule has 5 heteroatoms. The van der Waals surface area contributed by atoms with Crippen LogP contribution in [0.25, 0.3) is 0 Å². The molecule has 1 aromatic rings. The molecule has 0 aliphatic carbocycles. The van der Waals surface area contributed by atoms with Crippen LogP contribution < -0.4 is 0 Å². The molecule has 1 fully saturated rings. The molecular formula is C13H16BrClN2O. The zero-order valence-corrected chi connectivity index (χ0v) is 12.9. The third kappa shape index (κ3) is 2.87. The standard InChI is InChI=1S/C13H16BrClN2O/c1-9-7-10(14)8-11(15)12(9)13(18)17-5-3-16(2)4-6-17/h7-8H,3-6H2,1-2H3. The van der Waals surface area contributed by atoms with Gasteiger partial charge in [-0.2, -0.15) is 0 Å². The molecule has 2 rings (SSSR count). The average Bonchev–Trinajstić information content (AvgIpc) is 2.28. The minimum Gasteiger partial charge on any atom is -0.336 e. The topological polar surface area (TPSA) is 23.6 Å². The number of rotatable bonds is 1. The van der Waals surface area contributed by atoms with Gasteiger partial charge < -0.3 is 9.80 Å². The first kappa shape index (κ1) is 13.8. The molecule has 0 saturated carbocycles. The van der Waals surface area contributed by atoms with E-state index in [4.69, 9.17) is 11.6 Å². The molecule has 1 aliphatic rings. The molecular weight excluding hydrogens is 316 g/mol. The number of aryl methyl sites for hydroxylation is 1. The van der Waals surface area contributed by atoms with Gasteiger partial charge in [0.1, 0.15) is 0 Å². The van der Waals surface area contributed by atoms with E-state index >= 15 is 0 Å². The zero-order chi connectivity index (χ0) is 13.3. The smallest absolute Gasteiger partial charge is 0.255 e. The van der Waals surface area contributed by atoms with E-state index in [2.05, 4.69) is 27.9 Å². The van der Waals surface area contributed by atoms with Gasteiger partial charge in [0, 0.05) is 30.7 Å². The molecule has 1 saturated heterocycles. The van der Waals surface area contributed by atoms with E-state index in [0.29, 0.717) is 10.6 Å². The highest BCUT2D eigenvalue weighted by Crippen LogP contribution is 2.26. The lowest BCUT2D eigenvalue weighted by Gasteiger charge is -2.33. The van der Waals surface area contributed by atoms with Gasteiger partial charge in [-0.15, -0.1) is 0 Å². The van der Waals surface area contributed by atoms with Crippen molar-refractivity contribution in [2.45, 2.75) is 6.92 Å². The minimum absolute atomic E-state index is 0.0399. The monoisotopic (exact) mass is 330 g/mol. The number of amides is 1. The molecule has 1 aromatic carbocycles. The number of carbonyl (C=O) groups excluding carboxylic acids is 1. The quantitative estimate of drug-likeness (QED) is 0.790. The number of benzene rings is 1. The Balaban J connectivity index is 2.24. The summed E-state index contributed by atoms with van der Waals surface area (Å²) in [6.07, 6.45) is 0. The summed E-state index contributed by atoms with van der Waals surface area (Å²) in [4.78, 5) is 16.6. The number of hydrogen-bond acceptors (Lipinski definition) is 2. The van der Waals surface area contributed by atoms with Gasteiger partial charge in [0.15, 0.2) is 0 Å². The number of piperazine rings is 1. The molecule has 0 atom stereocenters. The molecule has 0 aromatic heterocycles. The van der Waals surface area contributed by atoms with Crippen molar-refractivity contribution in [2.75, 3.05) is 33.2 Å². The van der Waals surface area contributed by atoms with E-state index in [1.54, 1.807) is 6.07 Å². The van der Waals surface area contributed by atoms with Crippen LogP contribution in [0, 0.1) is 6.92 Å². The second kappa shape index (κ2) is 5.59. The van der Waals surface area contributed by atoms with Gasteiger partial charge >= 0.3 is 0 Å². The van der Waals surface area contributed by atoms with E-state index in [0.717, 1.165) is 36.2 Å². The molecule has 0 N–H and O–H groups in total. The van der Waals surface area contributed by atoms with Crippen LogP contribution in [-0.2, 0) is 0 Å². The molecule has 98 valence electrons. The van der Waals surface area contributed by atoms with Crippen LogP contribution in [0.1, 0.15) is 15.9 Å². The lowest BCUT2D eigenvalue weighted by Crippen LogP contribution is -2.47. The van der Waals surface area contributed by atoms with Crippen molar-refractivity contribution in [3.05, 3.63) is 32.8 Å². The van der Waals surface area contributed by atoms with Crippen LogP contribution in [0.5, 0.6) is 0 Å². The minimum atomic E-state index is 0.0399. The number of halogens is 2. The third-order valence-corrected chi connectivity index (χ3v) is 4.01. The summed E-state index contributed by atoms with van der Waals surface area (Å²) >= 11 is 9.57. The summed E-state index contributed by atoms with van der Waals surface area (Å²) in [6, 6.07) is 3.70. The van der Waals surface area contributed by atoms with Gasteiger partial charge in [0.05, 0.1) is 10.6 Å². The summed E-state index contributed by atoms with van der Waals surface area (Å²) in [7, 11) is 2.07. The Morgan fingerprint density at radius 2 is 1.89 bits per heavy atom. The van der Waals surface area contributed by atoms with Gasteiger partial charge in [-0.25, -0.2) is 0 Å². The van der Waals surface area contributed by atoms with Crippen LogP contribution >= 0.6 is 27.5 Å². The summed E-state index contributed by atoms with van der Waals surface area (Å²) < 4.78 is 0.903. The molecule has 3 nitrogen and oxygen atoms in total. The fourth-order valence-electron chi connectivity index (χ4n) is 2.14. The van der Waals surface area contributed by atoms with Crippen LogP contribution in [0.3, 0.4) is 0 Å². The van der Waals surface area contributed by atoms with Gasteiger partial charge in [-0.05, 0) is 31.7 Å². The van der Waals surface area contributed by atoms with E-state index in [1.165, 1.54) is 0 Å². The Hall–Kier alpha value is -0.580. The fourth-order valence-corrected chi connectivity index (χ4v) is 3.19. The summed E-state index contributed by atoms with van der Waals surface area (Å²) in [5.41, 5.74) is 1.54. The normalized spacial score (nSPS) is 17.0. The first-order valence-electron chi connectivity index (χ1n) is 5.92.